The summed E-state index contributed by atoms with van der Waals surface area (Å²) in [7, 11) is 2.20. The number of pyridine rings is 1. The lowest BCUT2D eigenvalue weighted by molar-refractivity contribution is -0.672. The molecule has 5 rings (SSSR count). The van der Waals surface area contributed by atoms with Gasteiger partial charge in [0, 0.05) is 11.1 Å². The fourth-order valence-electron chi connectivity index (χ4n) is 6.12. The van der Waals surface area contributed by atoms with Crippen LogP contribution in [-0.2, 0) is 7.05 Å². The van der Waals surface area contributed by atoms with E-state index in [0.717, 1.165) is 11.3 Å². The van der Waals surface area contributed by atoms with Gasteiger partial charge >= 0.3 is 5.78 Å². The van der Waals surface area contributed by atoms with E-state index in [1.807, 2.05) is 0 Å². The Hall–Kier alpha value is -3.14. The van der Waals surface area contributed by atoms with Crippen molar-refractivity contribution in [2.75, 3.05) is 0 Å². The molecule has 0 saturated heterocycles. The number of aryl methyl sites for hydroxylation is 4. The van der Waals surface area contributed by atoms with Gasteiger partial charge in [-0.05, 0) is 133 Å². The third-order valence-electron chi connectivity index (χ3n) is 9.56. The fourth-order valence-corrected chi connectivity index (χ4v) is 6.12. The second-order valence-electron chi connectivity index (χ2n) is 10.8. The second-order valence-corrected chi connectivity index (χ2v) is 10.8. The minimum atomic E-state index is 1.00. The molecule has 3 aromatic heterocycles. The van der Waals surface area contributed by atoms with Crippen LogP contribution in [0.5, 0.6) is 0 Å². The van der Waals surface area contributed by atoms with Crippen LogP contribution in [0.25, 0.3) is 33.7 Å². The Morgan fingerprint density at radius 3 is 1.51 bits per heavy atom. The topological polar surface area (TPSA) is 26.1 Å². The zero-order valence-electron chi connectivity index (χ0n) is 23.8. The molecule has 0 radical (unpaired) electrons. The van der Waals surface area contributed by atoms with Crippen molar-refractivity contribution >= 4 is 27.8 Å². The van der Waals surface area contributed by atoms with Gasteiger partial charge in [0.15, 0.2) is 5.52 Å². The van der Waals surface area contributed by atoms with Crippen molar-refractivity contribution < 1.29 is 4.57 Å². The number of hydrogen-bond acceptors (Lipinski definition) is 1. The molecule has 5 aromatic rings. The number of fused-ring (bicyclic) bond motifs is 5. The highest BCUT2D eigenvalue weighted by Gasteiger charge is 2.32. The van der Waals surface area contributed by atoms with Crippen LogP contribution in [0.3, 0.4) is 0 Å². The van der Waals surface area contributed by atoms with Gasteiger partial charge in [-0.2, -0.15) is 9.55 Å². The van der Waals surface area contributed by atoms with E-state index in [1.165, 1.54) is 89.3 Å². The molecular weight excluding hydrogens is 428 g/mol. The van der Waals surface area contributed by atoms with Gasteiger partial charge in [-0.1, -0.05) is 0 Å². The first-order valence-corrected chi connectivity index (χ1v) is 12.7. The number of benzene rings is 2. The predicted octanol–water partition coefficient (Wildman–Crippen LogP) is 6.96. The maximum Gasteiger partial charge on any atom is 0.312 e. The lowest BCUT2D eigenvalue weighted by Gasteiger charge is -2.16. The second kappa shape index (κ2) is 7.43. The van der Waals surface area contributed by atoms with Crippen LogP contribution in [-0.4, -0.2) is 14.0 Å². The first-order chi connectivity index (χ1) is 16.3. The molecule has 4 heteroatoms. The van der Waals surface area contributed by atoms with E-state index in [0.29, 0.717) is 0 Å². The number of aromatic nitrogens is 4. The molecule has 0 unspecified atom stereocenters. The average molecular weight is 468 g/mol. The molecule has 0 atom stereocenters. The van der Waals surface area contributed by atoms with Crippen molar-refractivity contribution in [3.8, 4) is 5.82 Å². The van der Waals surface area contributed by atoms with Gasteiger partial charge in [-0.25, -0.2) is 4.57 Å². The van der Waals surface area contributed by atoms with Crippen molar-refractivity contribution in [2.24, 2.45) is 7.05 Å². The van der Waals surface area contributed by atoms with E-state index in [2.05, 4.69) is 104 Å². The molecule has 0 aliphatic carbocycles. The minimum Gasteiger partial charge on any atom is -0.254 e. The van der Waals surface area contributed by atoms with E-state index in [9.17, 15) is 0 Å². The summed E-state index contributed by atoms with van der Waals surface area (Å²) in [6.07, 6.45) is 0. The fraction of sp³-hybridized carbons (Fsp3) is 0.419. The molecule has 0 fully saturated rings. The van der Waals surface area contributed by atoms with Gasteiger partial charge in [0.1, 0.15) is 11.2 Å². The van der Waals surface area contributed by atoms with Crippen LogP contribution in [0, 0.1) is 83.1 Å². The summed E-state index contributed by atoms with van der Waals surface area (Å²) in [6.45, 7) is 27.0. The Labute approximate surface area is 209 Å². The van der Waals surface area contributed by atoms with E-state index in [-0.39, 0.29) is 0 Å². The van der Waals surface area contributed by atoms with Crippen molar-refractivity contribution in [1.82, 2.24) is 14.0 Å². The summed E-state index contributed by atoms with van der Waals surface area (Å²) in [5.41, 5.74) is 20.9. The summed E-state index contributed by atoms with van der Waals surface area (Å²) in [4.78, 5) is 5.41. The van der Waals surface area contributed by atoms with E-state index >= 15 is 0 Å². The van der Waals surface area contributed by atoms with Crippen LogP contribution < -0.4 is 4.57 Å². The first kappa shape index (κ1) is 23.6. The van der Waals surface area contributed by atoms with Gasteiger partial charge in [-0.15, -0.1) is 0 Å². The molecular formula is C31H39N4+. The molecule has 2 aromatic carbocycles. The summed E-state index contributed by atoms with van der Waals surface area (Å²) in [5.74, 6) is 2.21. The maximum atomic E-state index is 5.41. The molecule has 0 bridgehead atoms. The van der Waals surface area contributed by atoms with Crippen molar-refractivity contribution in [2.45, 2.75) is 83.1 Å². The Morgan fingerprint density at radius 2 is 0.943 bits per heavy atom. The van der Waals surface area contributed by atoms with E-state index in [1.54, 1.807) is 0 Å². The Kier molecular flexibility index (Phi) is 5.01. The first-order valence-electron chi connectivity index (χ1n) is 12.7. The molecule has 35 heavy (non-hydrogen) atoms. The Bertz CT molecular complexity index is 1730. The maximum absolute atomic E-state index is 5.41. The van der Waals surface area contributed by atoms with Crippen LogP contribution in [0.4, 0.5) is 0 Å². The third-order valence-corrected chi connectivity index (χ3v) is 9.56. The zero-order valence-corrected chi connectivity index (χ0v) is 23.8. The third kappa shape index (κ3) is 2.74. The number of imidazole rings is 2. The summed E-state index contributed by atoms with van der Waals surface area (Å²) in [6, 6.07) is 0. The van der Waals surface area contributed by atoms with Crippen LogP contribution >= 0.6 is 0 Å². The summed E-state index contributed by atoms with van der Waals surface area (Å²) >= 11 is 0. The molecule has 4 nitrogen and oxygen atoms in total. The highest BCUT2D eigenvalue weighted by atomic mass is 15.3. The highest BCUT2D eigenvalue weighted by molar-refractivity contribution is 5.98. The molecule has 3 heterocycles. The van der Waals surface area contributed by atoms with Gasteiger partial charge < -0.3 is 0 Å². The molecule has 182 valence electrons. The Balaban J connectivity index is 2.21. The van der Waals surface area contributed by atoms with Gasteiger partial charge in [0.25, 0.3) is 5.82 Å². The summed E-state index contributed by atoms with van der Waals surface area (Å²) < 4.78 is 7.26. The SMILES string of the molecule is Cc1c(C)c(C)[n+](C)c(-n2c3c(C)c(C)c(C)c(C)c3n3c4c(C)c(C)c(C)c(C)c4nc23)c1C. The predicted molar refractivity (Wildman–Crippen MR) is 148 cm³/mol. The zero-order chi connectivity index (χ0) is 25.8. The minimum absolute atomic E-state index is 1.00. The van der Waals surface area contributed by atoms with E-state index in [4.69, 9.17) is 4.98 Å². The standard InChI is InChI=1S/C31H39N4/c1-14-15(2)21(8)27-26(20(14)7)32-31-34(27)28-22(9)16(3)17(4)23(10)29(28)35(31)30-24(11)18(5)19(6)25(12)33(30)13/h1-13H3/q+1. The largest absolute Gasteiger partial charge is 0.312 e. The van der Waals surface area contributed by atoms with Gasteiger partial charge in [0.05, 0.1) is 18.1 Å². The van der Waals surface area contributed by atoms with Crippen molar-refractivity contribution in [1.29, 1.82) is 0 Å². The lowest BCUT2D eigenvalue weighted by Crippen LogP contribution is -2.39. The Morgan fingerprint density at radius 1 is 0.486 bits per heavy atom. The highest BCUT2D eigenvalue weighted by Crippen LogP contribution is 2.39. The molecule has 0 aliphatic rings. The average Bonchev–Trinajstić information content (AvgIpc) is 3.37. The quantitative estimate of drug-likeness (QED) is 0.245. The van der Waals surface area contributed by atoms with Gasteiger partial charge in [0.2, 0.25) is 0 Å². The van der Waals surface area contributed by atoms with Crippen LogP contribution in [0.1, 0.15) is 66.9 Å². The monoisotopic (exact) mass is 467 g/mol. The number of nitrogens with zero attached hydrogens (tertiary/aromatic N) is 4. The lowest BCUT2D eigenvalue weighted by atomic mass is 9.96. The summed E-state index contributed by atoms with van der Waals surface area (Å²) in [5, 5.41) is 0. The number of rotatable bonds is 1. The normalized spacial score (nSPS) is 12.1. The van der Waals surface area contributed by atoms with E-state index < -0.39 is 0 Å². The van der Waals surface area contributed by atoms with Crippen LogP contribution in [0.15, 0.2) is 0 Å². The van der Waals surface area contributed by atoms with Crippen molar-refractivity contribution in [3.63, 3.8) is 0 Å². The smallest absolute Gasteiger partial charge is 0.254 e. The molecule has 0 spiro atoms. The van der Waals surface area contributed by atoms with Crippen molar-refractivity contribution in [3.05, 3.63) is 66.9 Å². The van der Waals surface area contributed by atoms with Crippen LogP contribution in [0.2, 0.25) is 0 Å². The number of hydrogen-bond donors (Lipinski definition) is 0. The molecule has 0 saturated carbocycles. The molecule has 0 amide bonds. The molecule has 0 aliphatic heterocycles. The van der Waals surface area contributed by atoms with Gasteiger partial charge in [-0.3, -0.25) is 4.40 Å². The molecule has 0 N–H and O–H groups in total.